The third kappa shape index (κ3) is 4.09. The fourth-order valence-electron chi connectivity index (χ4n) is 3.31. The normalized spacial score (nSPS) is 12.2. The van der Waals surface area contributed by atoms with E-state index < -0.39 is 12.1 Å². The lowest BCUT2D eigenvalue weighted by Crippen LogP contribution is -2.27. The Kier molecular flexibility index (Phi) is 5.83. The number of aromatic amines is 1. The fraction of sp³-hybridized carbons (Fsp3) is 0.304. The molecule has 0 saturated carbocycles. The van der Waals surface area contributed by atoms with E-state index in [0.717, 1.165) is 22.2 Å². The number of ether oxygens (including phenoxy) is 2. The van der Waals surface area contributed by atoms with Crippen molar-refractivity contribution in [3.05, 3.63) is 65.4 Å². The number of hydrogen-bond donors (Lipinski definition) is 1. The number of nitrogens with one attached hydrogen (secondary N) is 1. The van der Waals surface area contributed by atoms with Crippen LogP contribution in [-0.4, -0.2) is 29.4 Å². The van der Waals surface area contributed by atoms with Crippen LogP contribution >= 0.6 is 0 Å². The molecule has 0 fully saturated rings. The average Bonchev–Trinajstić information content (AvgIpc) is 3.01. The van der Waals surface area contributed by atoms with Crippen molar-refractivity contribution < 1.29 is 19.1 Å². The van der Waals surface area contributed by atoms with Gasteiger partial charge in [-0.3, -0.25) is 4.79 Å². The van der Waals surface area contributed by atoms with E-state index in [1.807, 2.05) is 55.5 Å². The van der Waals surface area contributed by atoms with Gasteiger partial charge in [-0.25, -0.2) is 4.79 Å². The maximum Gasteiger partial charge on any atom is 0.344 e. The second-order valence-corrected chi connectivity index (χ2v) is 7.15. The molecule has 28 heavy (non-hydrogen) atoms. The van der Waals surface area contributed by atoms with Gasteiger partial charge >= 0.3 is 5.97 Å². The number of aryl methyl sites for hydroxylation is 1. The Morgan fingerprint density at radius 1 is 1.00 bits per heavy atom. The number of benzene rings is 2. The molecule has 2 aromatic carbocycles. The highest BCUT2D eigenvalue weighted by Crippen LogP contribution is 2.26. The number of carbonyl (C=O) groups excluding carboxylic acids is 2. The van der Waals surface area contributed by atoms with Crippen LogP contribution in [0.15, 0.2) is 48.5 Å². The number of rotatable bonds is 7. The molecule has 0 aliphatic carbocycles. The van der Waals surface area contributed by atoms with Crippen molar-refractivity contribution in [2.24, 2.45) is 0 Å². The average molecular weight is 379 g/mol. The second kappa shape index (κ2) is 8.30. The molecule has 3 rings (SSSR count). The standard InChI is InChI=1S/C23H25NO4/c1-14(2)17-9-6-8-12-20(17)27-13-21(25)28-16(4)23(26)22-15(3)24-19-11-7-5-10-18(19)22/h5-12,14,16,24H,13H2,1-4H3/t16-/m1/s1. The maximum absolute atomic E-state index is 12.9. The van der Waals surface area contributed by atoms with Gasteiger partial charge in [0.1, 0.15) is 5.75 Å². The van der Waals surface area contributed by atoms with Crippen molar-refractivity contribution in [1.82, 2.24) is 4.98 Å². The molecule has 0 amide bonds. The first kappa shape index (κ1) is 19.7. The Bertz CT molecular complexity index is 1000. The number of ketones is 1. The summed E-state index contributed by atoms with van der Waals surface area (Å²) in [4.78, 5) is 28.3. The molecule has 1 atom stereocenters. The van der Waals surface area contributed by atoms with Crippen LogP contribution in [0.2, 0.25) is 0 Å². The van der Waals surface area contributed by atoms with Gasteiger partial charge in [-0.2, -0.15) is 0 Å². The van der Waals surface area contributed by atoms with Gasteiger partial charge < -0.3 is 14.5 Å². The number of aromatic nitrogens is 1. The molecule has 1 N–H and O–H groups in total. The Hall–Kier alpha value is -3.08. The monoisotopic (exact) mass is 379 g/mol. The first-order chi connectivity index (χ1) is 13.4. The zero-order valence-corrected chi connectivity index (χ0v) is 16.6. The van der Waals surface area contributed by atoms with E-state index >= 15 is 0 Å². The summed E-state index contributed by atoms with van der Waals surface area (Å²) in [6.45, 7) is 7.31. The fourth-order valence-corrected chi connectivity index (χ4v) is 3.31. The molecule has 0 saturated heterocycles. The zero-order valence-electron chi connectivity index (χ0n) is 16.6. The molecule has 0 aliphatic rings. The van der Waals surface area contributed by atoms with Crippen LogP contribution in [-0.2, 0) is 9.53 Å². The summed E-state index contributed by atoms with van der Waals surface area (Å²) in [7, 11) is 0. The molecule has 3 aromatic rings. The highest BCUT2D eigenvalue weighted by atomic mass is 16.6. The number of carbonyl (C=O) groups is 2. The number of fused-ring (bicyclic) bond motifs is 1. The van der Waals surface area contributed by atoms with E-state index in [2.05, 4.69) is 18.8 Å². The smallest absolute Gasteiger partial charge is 0.344 e. The molecule has 1 heterocycles. The highest BCUT2D eigenvalue weighted by Gasteiger charge is 2.24. The van der Waals surface area contributed by atoms with Crippen molar-refractivity contribution >= 4 is 22.7 Å². The Balaban J connectivity index is 1.66. The minimum absolute atomic E-state index is 0.231. The summed E-state index contributed by atoms with van der Waals surface area (Å²) in [6.07, 6.45) is -0.894. The maximum atomic E-state index is 12.9. The molecule has 146 valence electrons. The van der Waals surface area contributed by atoms with Crippen LogP contribution in [0, 0.1) is 6.92 Å². The number of hydrogen-bond acceptors (Lipinski definition) is 4. The SMILES string of the molecule is Cc1[nH]c2ccccc2c1C(=O)[C@@H](C)OC(=O)COc1ccccc1C(C)C. The molecular weight excluding hydrogens is 354 g/mol. The lowest BCUT2D eigenvalue weighted by molar-refractivity contribution is -0.148. The van der Waals surface area contributed by atoms with E-state index in [-0.39, 0.29) is 18.3 Å². The van der Waals surface area contributed by atoms with E-state index in [4.69, 9.17) is 9.47 Å². The molecular formula is C23H25NO4. The van der Waals surface area contributed by atoms with Crippen LogP contribution in [0.3, 0.4) is 0 Å². The minimum Gasteiger partial charge on any atom is -0.482 e. The van der Waals surface area contributed by atoms with E-state index in [9.17, 15) is 9.59 Å². The third-order valence-electron chi connectivity index (χ3n) is 4.70. The summed E-state index contributed by atoms with van der Waals surface area (Å²) < 4.78 is 11.0. The van der Waals surface area contributed by atoms with Crippen LogP contribution in [0.1, 0.15) is 48.3 Å². The number of H-pyrrole nitrogens is 1. The van der Waals surface area contributed by atoms with E-state index in [1.165, 1.54) is 0 Å². The molecule has 0 aliphatic heterocycles. The Morgan fingerprint density at radius 2 is 1.68 bits per heavy atom. The summed E-state index contributed by atoms with van der Waals surface area (Å²) in [5, 5.41) is 0.829. The Morgan fingerprint density at radius 3 is 2.43 bits per heavy atom. The lowest BCUT2D eigenvalue weighted by Gasteiger charge is -2.15. The topological polar surface area (TPSA) is 68.4 Å². The molecule has 0 spiro atoms. The van der Waals surface area contributed by atoms with E-state index in [1.54, 1.807) is 6.92 Å². The molecule has 0 radical (unpaired) electrons. The zero-order chi connectivity index (χ0) is 20.3. The molecule has 0 unspecified atom stereocenters. The Labute approximate surface area is 164 Å². The third-order valence-corrected chi connectivity index (χ3v) is 4.70. The van der Waals surface area contributed by atoms with Gasteiger partial charge in [0.2, 0.25) is 5.78 Å². The van der Waals surface area contributed by atoms with Gasteiger partial charge in [0.05, 0.1) is 0 Å². The first-order valence-electron chi connectivity index (χ1n) is 9.41. The summed E-state index contributed by atoms with van der Waals surface area (Å²) in [5.74, 6) is 0.126. The minimum atomic E-state index is -0.894. The summed E-state index contributed by atoms with van der Waals surface area (Å²) in [5.41, 5.74) is 3.22. The van der Waals surface area contributed by atoms with Crippen molar-refractivity contribution in [2.45, 2.75) is 39.7 Å². The summed E-state index contributed by atoms with van der Waals surface area (Å²) in [6, 6.07) is 15.2. The number of para-hydroxylation sites is 2. The molecule has 1 aromatic heterocycles. The predicted octanol–water partition coefficient (Wildman–Crippen LogP) is 4.79. The van der Waals surface area contributed by atoms with Crippen LogP contribution in [0.5, 0.6) is 5.75 Å². The summed E-state index contributed by atoms with van der Waals surface area (Å²) >= 11 is 0. The predicted molar refractivity (Wildman–Crippen MR) is 109 cm³/mol. The quantitative estimate of drug-likeness (QED) is 0.473. The van der Waals surface area contributed by atoms with Crippen molar-refractivity contribution in [3.63, 3.8) is 0 Å². The van der Waals surface area contributed by atoms with Crippen LogP contribution < -0.4 is 4.74 Å². The first-order valence-corrected chi connectivity index (χ1v) is 9.41. The van der Waals surface area contributed by atoms with Crippen molar-refractivity contribution in [1.29, 1.82) is 0 Å². The molecule has 5 nitrogen and oxygen atoms in total. The van der Waals surface area contributed by atoms with Crippen LogP contribution in [0.25, 0.3) is 10.9 Å². The van der Waals surface area contributed by atoms with Gasteiger partial charge in [0.15, 0.2) is 12.7 Å². The van der Waals surface area contributed by atoms with Gasteiger partial charge in [-0.1, -0.05) is 50.2 Å². The highest BCUT2D eigenvalue weighted by molar-refractivity contribution is 6.11. The molecule has 0 bridgehead atoms. The van der Waals surface area contributed by atoms with Gasteiger partial charge in [0, 0.05) is 22.2 Å². The lowest BCUT2D eigenvalue weighted by atomic mass is 10.0. The van der Waals surface area contributed by atoms with Crippen molar-refractivity contribution in [2.75, 3.05) is 6.61 Å². The van der Waals surface area contributed by atoms with Crippen LogP contribution in [0.4, 0.5) is 0 Å². The number of esters is 1. The number of Topliss-reactive ketones (excluding diaryl/α,β-unsaturated/α-hetero) is 1. The second-order valence-electron chi connectivity index (χ2n) is 7.15. The largest absolute Gasteiger partial charge is 0.482 e. The molecule has 5 heteroatoms. The van der Waals surface area contributed by atoms with Gasteiger partial charge in [-0.05, 0) is 37.5 Å². The van der Waals surface area contributed by atoms with Gasteiger partial charge in [0.25, 0.3) is 0 Å². The van der Waals surface area contributed by atoms with Gasteiger partial charge in [-0.15, -0.1) is 0 Å². The van der Waals surface area contributed by atoms with Crippen molar-refractivity contribution in [3.8, 4) is 5.75 Å². The van der Waals surface area contributed by atoms with E-state index in [0.29, 0.717) is 11.3 Å².